The Bertz CT molecular complexity index is 682. The van der Waals surface area contributed by atoms with E-state index in [9.17, 15) is 18.0 Å². The largest absolute Gasteiger partial charge is 0.486 e. The number of carbonyl (C=O) groups excluding carboxylic acids is 1. The van der Waals surface area contributed by atoms with Gasteiger partial charge < -0.3 is 24.4 Å². The number of alkyl halides is 3. The molecule has 1 fully saturated rings. The number of halogens is 3. The summed E-state index contributed by atoms with van der Waals surface area (Å²) in [6, 6.07) is 7.44. The number of para-hydroxylation sites is 2. The molecule has 2 heterocycles. The quantitative estimate of drug-likeness (QED) is 0.599. The Kier molecular flexibility index (Phi) is 8.17. The lowest BCUT2D eigenvalue weighted by atomic mass is 10.2. The molecule has 0 aromatic heterocycles. The van der Waals surface area contributed by atoms with E-state index in [-0.39, 0.29) is 18.6 Å². The average Bonchev–Trinajstić information content (AvgIpc) is 2.72. The summed E-state index contributed by atoms with van der Waals surface area (Å²) in [6.45, 7) is 3.73. The van der Waals surface area contributed by atoms with Gasteiger partial charge in [0.25, 0.3) is 0 Å². The molecule has 168 valence electrons. The number of fused-ring (bicyclic) bond motifs is 1. The van der Waals surface area contributed by atoms with Crippen molar-refractivity contribution in [3.63, 3.8) is 0 Å². The smallest absolute Gasteiger partial charge is 0.411 e. The van der Waals surface area contributed by atoms with Gasteiger partial charge in [-0.25, -0.2) is 0 Å². The second-order valence-corrected chi connectivity index (χ2v) is 7.44. The highest BCUT2D eigenvalue weighted by atomic mass is 19.4. The number of nitrogens with one attached hydrogen (secondary N) is 1. The first-order valence-electron chi connectivity index (χ1n) is 10.1. The SMILES string of the molecule is O=C(CN1CCN(CCCOCC(F)(F)F)CC1)NCC1COc2ccccc2O1. The van der Waals surface area contributed by atoms with Gasteiger partial charge in [-0.3, -0.25) is 9.69 Å². The summed E-state index contributed by atoms with van der Waals surface area (Å²) in [5, 5.41) is 2.89. The van der Waals surface area contributed by atoms with Crippen molar-refractivity contribution < 1.29 is 32.2 Å². The molecular formula is C20H28F3N3O4. The lowest BCUT2D eigenvalue weighted by molar-refractivity contribution is -0.174. The molecule has 2 aliphatic heterocycles. The highest BCUT2D eigenvalue weighted by Gasteiger charge is 2.27. The number of hydrogen-bond acceptors (Lipinski definition) is 6. The normalized spacial score (nSPS) is 20.2. The van der Waals surface area contributed by atoms with Crippen molar-refractivity contribution in [1.82, 2.24) is 15.1 Å². The maximum absolute atomic E-state index is 12.2. The third-order valence-electron chi connectivity index (χ3n) is 4.96. The van der Waals surface area contributed by atoms with Crippen LogP contribution >= 0.6 is 0 Å². The molecule has 0 spiro atoms. The van der Waals surface area contributed by atoms with Crippen molar-refractivity contribution in [3.05, 3.63) is 24.3 Å². The van der Waals surface area contributed by atoms with Crippen LogP contribution in [0.1, 0.15) is 6.42 Å². The number of ether oxygens (including phenoxy) is 3. The van der Waals surface area contributed by atoms with Gasteiger partial charge in [0.2, 0.25) is 5.91 Å². The van der Waals surface area contributed by atoms with E-state index in [1.807, 2.05) is 24.3 Å². The standard InChI is InChI=1S/C20H28F3N3O4/c21-20(22,23)15-28-11-3-6-25-7-9-26(10-8-25)13-19(27)24-12-16-14-29-17-4-1-2-5-18(17)30-16/h1-2,4-5,16H,3,6-15H2,(H,24,27). The van der Waals surface area contributed by atoms with Crippen LogP contribution in [0.3, 0.4) is 0 Å². The van der Waals surface area contributed by atoms with E-state index in [2.05, 4.69) is 19.9 Å². The molecule has 1 unspecified atom stereocenters. The topological polar surface area (TPSA) is 63.3 Å². The van der Waals surface area contributed by atoms with Gasteiger partial charge in [-0.2, -0.15) is 13.2 Å². The van der Waals surface area contributed by atoms with E-state index in [0.29, 0.717) is 44.2 Å². The van der Waals surface area contributed by atoms with Crippen molar-refractivity contribution in [2.75, 3.05) is 65.6 Å². The Balaban J connectivity index is 1.25. The van der Waals surface area contributed by atoms with E-state index in [4.69, 9.17) is 9.47 Å². The minimum Gasteiger partial charge on any atom is -0.486 e. The van der Waals surface area contributed by atoms with Gasteiger partial charge in [0.05, 0.1) is 13.1 Å². The molecule has 3 rings (SSSR count). The zero-order valence-corrected chi connectivity index (χ0v) is 16.8. The maximum Gasteiger partial charge on any atom is 0.411 e. The molecule has 7 nitrogen and oxygen atoms in total. The first-order valence-corrected chi connectivity index (χ1v) is 10.1. The van der Waals surface area contributed by atoms with Crippen LogP contribution in [0.2, 0.25) is 0 Å². The zero-order valence-electron chi connectivity index (χ0n) is 16.8. The van der Waals surface area contributed by atoms with Gasteiger partial charge >= 0.3 is 6.18 Å². The Labute approximate surface area is 174 Å². The van der Waals surface area contributed by atoms with Crippen LogP contribution in [0.5, 0.6) is 11.5 Å². The Morgan fingerprint density at radius 2 is 1.83 bits per heavy atom. The molecular weight excluding hydrogens is 403 g/mol. The molecule has 1 aromatic rings. The summed E-state index contributed by atoms with van der Waals surface area (Å²) in [7, 11) is 0. The summed E-state index contributed by atoms with van der Waals surface area (Å²) in [5.74, 6) is 1.33. The molecule has 0 aliphatic carbocycles. The Hall–Kier alpha value is -2.04. The Morgan fingerprint density at radius 1 is 1.13 bits per heavy atom. The maximum atomic E-state index is 12.2. The summed E-state index contributed by atoms with van der Waals surface area (Å²) in [4.78, 5) is 16.5. The third-order valence-corrected chi connectivity index (χ3v) is 4.96. The Morgan fingerprint density at radius 3 is 2.57 bits per heavy atom. The fourth-order valence-corrected chi connectivity index (χ4v) is 3.40. The molecule has 30 heavy (non-hydrogen) atoms. The molecule has 0 radical (unpaired) electrons. The number of nitrogens with zero attached hydrogens (tertiary/aromatic N) is 2. The average molecular weight is 431 g/mol. The minimum atomic E-state index is -4.27. The number of carbonyl (C=O) groups is 1. The molecule has 1 amide bonds. The summed E-state index contributed by atoms with van der Waals surface area (Å²) < 4.78 is 52.1. The number of hydrogen-bond donors (Lipinski definition) is 1. The van der Waals surface area contributed by atoms with Gasteiger partial charge in [-0.15, -0.1) is 0 Å². The van der Waals surface area contributed by atoms with Crippen molar-refractivity contribution in [2.45, 2.75) is 18.7 Å². The highest BCUT2D eigenvalue weighted by molar-refractivity contribution is 5.78. The summed E-state index contributed by atoms with van der Waals surface area (Å²) in [5.41, 5.74) is 0. The number of amides is 1. The second kappa shape index (κ2) is 10.8. The first kappa shape index (κ1) is 22.6. The lowest BCUT2D eigenvalue weighted by Crippen LogP contribution is -2.50. The van der Waals surface area contributed by atoms with Gasteiger partial charge in [0.1, 0.15) is 19.3 Å². The van der Waals surface area contributed by atoms with Gasteiger partial charge in [-0.1, -0.05) is 12.1 Å². The van der Waals surface area contributed by atoms with Gasteiger partial charge in [-0.05, 0) is 18.6 Å². The molecule has 1 aromatic carbocycles. The molecule has 0 bridgehead atoms. The van der Waals surface area contributed by atoms with Crippen LogP contribution in [0.25, 0.3) is 0 Å². The molecule has 2 aliphatic rings. The van der Waals surface area contributed by atoms with Crippen LogP contribution in [0, 0.1) is 0 Å². The molecule has 1 saturated heterocycles. The zero-order chi connectivity index (χ0) is 21.4. The van der Waals surface area contributed by atoms with Crippen molar-refractivity contribution in [2.24, 2.45) is 0 Å². The van der Waals surface area contributed by atoms with Crippen molar-refractivity contribution in [1.29, 1.82) is 0 Å². The first-order chi connectivity index (χ1) is 14.4. The summed E-state index contributed by atoms with van der Waals surface area (Å²) >= 11 is 0. The predicted octanol–water partition coefficient (Wildman–Crippen LogP) is 1.53. The number of rotatable bonds is 9. The van der Waals surface area contributed by atoms with Crippen LogP contribution in [-0.2, 0) is 9.53 Å². The molecule has 10 heteroatoms. The van der Waals surface area contributed by atoms with E-state index in [0.717, 1.165) is 26.2 Å². The van der Waals surface area contributed by atoms with Crippen LogP contribution in [0.15, 0.2) is 24.3 Å². The van der Waals surface area contributed by atoms with Gasteiger partial charge in [0.15, 0.2) is 11.5 Å². The van der Waals surface area contributed by atoms with Crippen LogP contribution < -0.4 is 14.8 Å². The summed E-state index contributed by atoms with van der Waals surface area (Å²) in [6.07, 6.45) is -3.93. The predicted molar refractivity (Wildman–Crippen MR) is 104 cm³/mol. The molecule has 1 N–H and O–H groups in total. The number of piperazine rings is 1. The fourth-order valence-electron chi connectivity index (χ4n) is 3.40. The van der Waals surface area contributed by atoms with E-state index in [1.54, 1.807) is 0 Å². The second-order valence-electron chi connectivity index (χ2n) is 7.44. The molecule has 0 saturated carbocycles. The van der Waals surface area contributed by atoms with Gasteiger partial charge in [0, 0.05) is 39.3 Å². The van der Waals surface area contributed by atoms with Crippen LogP contribution in [-0.4, -0.2) is 93.6 Å². The van der Waals surface area contributed by atoms with E-state index >= 15 is 0 Å². The van der Waals surface area contributed by atoms with Crippen molar-refractivity contribution >= 4 is 5.91 Å². The van der Waals surface area contributed by atoms with Crippen LogP contribution in [0.4, 0.5) is 13.2 Å². The van der Waals surface area contributed by atoms with E-state index in [1.165, 1.54) is 0 Å². The lowest BCUT2D eigenvalue weighted by Gasteiger charge is -2.34. The number of benzene rings is 1. The van der Waals surface area contributed by atoms with Crippen molar-refractivity contribution in [3.8, 4) is 11.5 Å². The van der Waals surface area contributed by atoms with E-state index < -0.39 is 12.8 Å². The minimum absolute atomic E-state index is 0.0635. The highest BCUT2D eigenvalue weighted by Crippen LogP contribution is 2.30. The molecule has 1 atom stereocenters. The fraction of sp³-hybridized carbons (Fsp3) is 0.650. The monoisotopic (exact) mass is 431 g/mol. The third kappa shape index (κ3) is 7.66.